The fourth-order valence-corrected chi connectivity index (χ4v) is 3.03. The molecule has 2 heteroatoms. The minimum Gasteiger partial charge on any atom is -0.346 e. The Morgan fingerprint density at radius 2 is 1.00 bits per heavy atom. The highest BCUT2D eigenvalue weighted by Crippen LogP contribution is 2.11. The van der Waals surface area contributed by atoms with Gasteiger partial charge in [0.05, 0.1) is 0 Å². The van der Waals surface area contributed by atoms with Crippen molar-refractivity contribution < 1.29 is 4.79 Å². The molecule has 0 radical (unpaired) electrons. The van der Waals surface area contributed by atoms with Gasteiger partial charge in [-0.15, -0.1) is 0 Å². The third-order valence-corrected chi connectivity index (χ3v) is 4.77. The number of amides is 1. The first kappa shape index (κ1) is 22.5. The Bertz CT molecular complexity index is 252. The lowest BCUT2D eigenvalue weighted by molar-refractivity contribution is -0.130. The molecule has 0 rings (SSSR count). The smallest absolute Gasteiger partial charge is 0.222 e. The summed E-state index contributed by atoms with van der Waals surface area (Å²) < 4.78 is 0. The summed E-state index contributed by atoms with van der Waals surface area (Å²) in [5.41, 5.74) is 0. The second kappa shape index (κ2) is 17.8. The van der Waals surface area contributed by atoms with Crippen LogP contribution in [0.15, 0.2) is 0 Å². The van der Waals surface area contributed by atoms with Crippen molar-refractivity contribution in [3.05, 3.63) is 0 Å². The Hall–Kier alpha value is -0.530. The van der Waals surface area contributed by atoms with Crippen LogP contribution in [0.3, 0.4) is 0 Å². The number of hydrogen-bond donors (Lipinski definition) is 0. The van der Waals surface area contributed by atoms with E-state index in [1.165, 1.54) is 89.9 Å². The van der Waals surface area contributed by atoms with Crippen molar-refractivity contribution in [1.82, 2.24) is 4.90 Å². The summed E-state index contributed by atoms with van der Waals surface area (Å²) in [7, 11) is 1.97. The molecule has 0 heterocycles. The predicted molar refractivity (Wildman–Crippen MR) is 103 cm³/mol. The Morgan fingerprint density at radius 1 is 0.609 bits per heavy atom. The van der Waals surface area contributed by atoms with Crippen molar-refractivity contribution in [3.8, 4) is 0 Å². The van der Waals surface area contributed by atoms with Crippen LogP contribution < -0.4 is 0 Å². The van der Waals surface area contributed by atoms with E-state index in [-0.39, 0.29) is 0 Å². The zero-order chi connectivity index (χ0) is 17.2. The number of hydrogen-bond acceptors (Lipinski definition) is 1. The van der Waals surface area contributed by atoms with Gasteiger partial charge >= 0.3 is 0 Å². The molecule has 0 N–H and O–H groups in total. The summed E-state index contributed by atoms with van der Waals surface area (Å²) in [6.45, 7) is 5.46. The molecule has 2 nitrogen and oxygen atoms in total. The monoisotopic (exact) mass is 325 g/mol. The maximum absolute atomic E-state index is 12.0. The SMILES string of the molecule is CCCCCCCCCCCC(=O)N(C)CCCCCCCC. The van der Waals surface area contributed by atoms with E-state index in [1.54, 1.807) is 0 Å². The minimum atomic E-state index is 0.349. The summed E-state index contributed by atoms with van der Waals surface area (Å²) >= 11 is 0. The molecule has 0 aromatic carbocycles. The topological polar surface area (TPSA) is 20.3 Å². The van der Waals surface area contributed by atoms with Gasteiger partial charge in [0.1, 0.15) is 0 Å². The number of carbonyl (C=O) groups excluding carboxylic acids is 1. The molecule has 0 fully saturated rings. The van der Waals surface area contributed by atoms with Crippen LogP contribution >= 0.6 is 0 Å². The van der Waals surface area contributed by atoms with Crippen LogP contribution in [0.2, 0.25) is 0 Å². The highest BCUT2D eigenvalue weighted by Gasteiger charge is 2.07. The quantitative estimate of drug-likeness (QED) is 0.272. The van der Waals surface area contributed by atoms with Gasteiger partial charge in [0.2, 0.25) is 5.91 Å². The number of carbonyl (C=O) groups is 1. The van der Waals surface area contributed by atoms with Crippen LogP contribution in [-0.4, -0.2) is 24.4 Å². The Labute approximate surface area is 146 Å². The second-order valence-electron chi connectivity index (χ2n) is 7.16. The molecule has 138 valence electrons. The summed E-state index contributed by atoms with van der Waals surface area (Å²) in [5, 5.41) is 0. The van der Waals surface area contributed by atoms with Gasteiger partial charge < -0.3 is 4.90 Å². The van der Waals surface area contributed by atoms with Crippen LogP contribution in [0.25, 0.3) is 0 Å². The fraction of sp³-hybridized carbons (Fsp3) is 0.952. The minimum absolute atomic E-state index is 0.349. The molecule has 0 aliphatic heterocycles. The summed E-state index contributed by atoms with van der Waals surface area (Å²) in [6, 6.07) is 0. The Kier molecular flexibility index (Phi) is 17.4. The van der Waals surface area contributed by atoms with Crippen molar-refractivity contribution in [2.24, 2.45) is 0 Å². The molecule has 0 aromatic heterocycles. The molecule has 0 saturated heterocycles. The maximum Gasteiger partial charge on any atom is 0.222 e. The second-order valence-corrected chi connectivity index (χ2v) is 7.16. The number of rotatable bonds is 17. The van der Waals surface area contributed by atoms with Crippen LogP contribution in [0, 0.1) is 0 Å². The fourth-order valence-electron chi connectivity index (χ4n) is 3.03. The van der Waals surface area contributed by atoms with Gasteiger partial charge in [0, 0.05) is 20.0 Å². The van der Waals surface area contributed by atoms with E-state index in [2.05, 4.69) is 13.8 Å². The standard InChI is InChI=1S/C21H43NO/c1-4-6-8-10-12-13-14-15-17-19-21(23)22(3)20-18-16-11-9-7-5-2/h4-20H2,1-3H3. The zero-order valence-electron chi connectivity index (χ0n) is 16.4. The molecule has 0 atom stereocenters. The third-order valence-electron chi connectivity index (χ3n) is 4.77. The molecule has 0 unspecified atom stereocenters. The summed E-state index contributed by atoms with van der Waals surface area (Å²) in [6.07, 6.45) is 20.4. The van der Waals surface area contributed by atoms with Crippen LogP contribution in [0.4, 0.5) is 0 Å². The lowest BCUT2D eigenvalue weighted by Gasteiger charge is -2.17. The highest BCUT2D eigenvalue weighted by molar-refractivity contribution is 5.75. The van der Waals surface area contributed by atoms with Crippen molar-refractivity contribution in [2.75, 3.05) is 13.6 Å². The van der Waals surface area contributed by atoms with Crippen molar-refractivity contribution in [2.45, 2.75) is 117 Å². The normalized spacial score (nSPS) is 10.9. The van der Waals surface area contributed by atoms with Crippen molar-refractivity contribution in [3.63, 3.8) is 0 Å². The molecule has 0 aliphatic rings. The lowest BCUT2D eigenvalue weighted by Crippen LogP contribution is -2.27. The lowest BCUT2D eigenvalue weighted by atomic mass is 10.1. The number of unbranched alkanes of at least 4 members (excludes halogenated alkanes) is 13. The number of nitrogens with zero attached hydrogens (tertiary/aromatic N) is 1. The van der Waals surface area contributed by atoms with E-state index in [4.69, 9.17) is 0 Å². The zero-order valence-corrected chi connectivity index (χ0v) is 16.4. The van der Waals surface area contributed by atoms with Crippen LogP contribution in [-0.2, 0) is 4.79 Å². The molecule has 23 heavy (non-hydrogen) atoms. The van der Waals surface area contributed by atoms with Crippen LogP contribution in [0.5, 0.6) is 0 Å². The first-order chi connectivity index (χ1) is 11.2. The first-order valence-corrected chi connectivity index (χ1v) is 10.5. The van der Waals surface area contributed by atoms with E-state index >= 15 is 0 Å². The van der Waals surface area contributed by atoms with Gasteiger partial charge in [0.25, 0.3) is 0 Å². The molecular weight excluding hydrogens is 282 g/mol. The van der Waals surface area contributed by atoms with Gasteiger partial charge in [-0.25, -0.2) is 0 Å². The van der Waals surface area contributed by atoms with Crippen molar-refractivity contribution in [1.29, 1.82) is 0 Å². The highest BCUT2D eigenvalue weighted by atomic mass is 16.2. The van der Waals surface area contributed by atoms with Gasteiger partial charge in [-0.1, -0.05) is 97.3 Å². The molecule has 0 bridgehead atoms. The van der Waals surface area contributed by atoms with Gasteiger partial charge in [0.15, 0.2) is 0 Å². The molecular formula is C21H43NO. The van der Waals surface area contributed by atoms with Gasteiger partial charge in [-0.2, -0.15) is 0 Å². The first-order valence-electron chi connectivity index (χ1n) is 10.5. The van der Waals surface area contributed by atoms with E-state index in [0.717, 1.165) is 19.4 Å². The van der Waals surface area contributed by atoms with E-state index in [9.17, 15) is 4.79 Å². The average Bonchev–Trinajstić information content (AvgIpc) is 2.56. The van der Waals surface area contributed by atoms with Crippen LogP contribution in [0.1, 0.15) is 117 Å². The van der Waals surface area contributed by atoms with E-state index < -0.39 is 0 Å². The Morgan fingerprint density at radius 3 is 1.48 bits per heavy atom. The molecule has 0 aliphatic carbocycles. The maximum atomic E-state index is 12.0. The predicted octanol–water partition coefficient (Wildman–Crippen LogP) is 6.73. The molecule has 0 spiro atoms. The summed E-state index contributed by atoms with van der Waals surface area (Å²) in [5.74, 6) is 0.349. The molecule has 1 amide bonds. The molecule has 0 saturated carbocycles. The third kappa shape index (κ3) is 16.1. The van der Waals surface area contributed by atoms with Gasteiger partial charge in [-0.05, 0) is 12.8 Å². The van der Waals surface area contributed by atoms with E-state index in [0.29, 0.717) is 5.91 Å². The largest absolute Gasteiger partial charge is 0.346 e. The summed E-state index contributed by atoms with van der Waals surface area (Å²) in [4.78, 5) is 14.0. The Balaban J connectivity index is 3.33. The average molecular weight is 326 g/mol. The molecule has 0 aromatic rings. The van der Waals surface area contributed by atoms with E-state index in [1.807, 2.05) is 11.9 Å². The van der Waals surface area contributed by atoms with Gasteiger partial charge in [-0.3, -0.25) is 4.79 Å². The van der Waals surface area contributed by atoms with Crippen molar-refractivity contribution >= 4 is 5.91 Å².